The molecule has 0 amide bonds. The Labute approximate surface area is 43.5 Å². The van der Waals surface area contributed by atoms with E-state index in [9.17, 15) is 0 Å². The number of β-amino-alcohol motifs (C(OH)–C–C–N with tert-alkyl or cyclic N) is 1. The molecule has 2 atom stereocenters. The molecule has 0 aromatic rings. The predicted molar refractivity (Wildman–Crippen MR) is 28.0 cm³/mol. The molecule has 1 aliphatic rings. The van der Waals surface area contributed by atoms with Crippen LogP contribution in [-0.4, -0.2) is 24.3 Å². The molecule has 0 bridgehead atoms. The lowest BCUT2D eigenvalue weighted by atomic mass is 10.1. The molecule has 0 aromatic heterocycles. The van der Waals surface area contributed by atoms with E-state index in [-0.39, 0.29) is 6.10 Å². The second kappa shape index (κ2) is 1.80. The van der Waals surface area contributed by atoms with Gasteiger partial charge in [0.2, 0.25) is 0 Å². The van der Waals surface area contributed by atoms with Crippen LogP contribution in [0.25, 0.3) is 0 Å². The van der Waals surface area contributed by atoms with Gasteiger partial charge in [0.25, 0.3) is 0 Å². The number of aliphatic hydroxyl groups is 1. The predicted octanol–water partition coefficient (Wildman–Crippen LogP) is -0.413. The van der Waals surface area contributed by atoms with Gasteiger partial charge in [0, 0.05) is 13.1 Å². The molecule has 2 nitrogen and oxygen atoms in total. The first-order valence-electron chi connectivity index (χ1n) is 2.69. The molecule has 0 unspecified atom stereocenters. The third kappa shape index (κ3) is 0.924. The Kier molecular flexibility index (Phi) is 1.30. The van der Waals surface area contributed by atoms with Gasteiger partial charge in [-0.1, -0.05) is 6.92 Å². The molecule has 0 saturated carbocycles. The second-order valence-corrected chi connectivity index (χ2v) is 2.20. The van der Waals surface area contributed by atoms with Crippen LogP contribution in [0.1, 0.15) is 6.92 Å². The summed E-state index contributed by atoms with van der Waals surface area (Å²) in [5.41, 5.74) is 0. The van der Waals surface area contributed by atoms with E-state index in [0.29, 0.717) is 5.92 Å². The second-order valence-electron chi connectivity index (χ2n) is 2.20. The Balaban J connectivity index is 2.33. The summed E-state index contributed by atoms with van der Waals surface area (Å²) in [5, 5.41) is 12.0. The number of hydrogen-bond donors (Lipinski definition) is 2. The number of hydrogen-bond acceptors (Lipinski definition) is 2. The summed E-state index contributed by atoms with van der Waals surface area (Å²) in [6, 6.07) is 0. The van der Waals surface area contributed by atoms with E-state index in [2.05, 4.69) is 5.32 Å². The van der Waals surface area contributed by atoms with Crippen LogP contribution < -0.4 is 5.32 Å². The summed E-state index contributed by atoms with van der Waals surface area (Å²) < 4.78 is 0. The van der Waals surface area contributed by atoms with Crippen LogP contribution >= 0.6 is 0 Å². The van der Waals surface area contributed by atoms with E-state index in [1.54, 1.807) is 0 Å². The average Bonchev–Trinajstić information content (AvgIpc) is 1.91. The van der Waals surface area contributed by atoms with Crippen molar-refractivity contribution in [3.63, 3.8) is 0 Å². The lowest BCUT2D eigenvalue weighted by Gasteiger charge is -2.02. The van der Waals surface area contributed by atoms with Crippen molar-refractivity contribution < 1.29 is 5.11 Å². The van der Waals surface area contributed by atoms with E-state index < -0.39 is 0 Å². The number of nitrogens with one attached hydrogen (secondary N) is 1. The monoisotopic (exact) mass is 101 g/mol. The normalized spacial score (nSPS) is 42.0. The minimum absolute atomic E-state index is 0.0972. The summed E-state index contributed by atoms with van der Waals surface area (Å²) in [4.78, 5) is 0. The van der Waals surface area contributed by atoms with Crippen LogP contribution in [0.5, 0.6) is 0 Å². The maximum absolute atomic E-state index is 8.94. The molecular formula is C5H11NO. The van der Waals surface area contributed by atoms with E-state index in [1.165, 1.54) is 0 Å². The Morgan fingerprint density at radius 3 is 2.43 bits per heavy atom. The van der Waals surface area contributed by atoms with Gasteiger partial charge >= 0.3 is 0 Å². The molecule has 0 aromatic carbocycles. The molecule has 0 spiro atoms. The summed E-state index contributed by atoms with van der Waals surface area (Å²) in [6.07, 6.45) is -0.0972. The van der Waals surface area contributed by atoms with Gasteiger partial charge in [0.15, 0.2) is 0 Å². The van der Waals surface area contributed by atoms with Crippen LogP contribution in [0, 0.1) is 5.92 Å². The SMILES string of the molecule is C[C@H]1CNC[C@H]1O. The first kappa shape index (κ1) is 5.06. The standard InChI is InChI=1S/C5H11NO/c1-4-2-6-3-5(4)7/h4-7H,2-3H2,1H3/t4-,5+/m0/s1. The molecule has 1 heterocycles. The molecule has 2 heteroatoms. The van der Waals surface area contributed by atoms with Crippen molar-refractivity contribution in [1.82, 2.24) is 5.32 Å². The van der Waals surface area contributed by atoms with E-state index in [4.69, 9.17) is 5.11 Å². The zero-order valence-corrected chi connectivity index (χ0v) is 4.52. The van der Waals surface area contributed by atoms with E-state index in [0.717, 1.165) is 13.1 Å². The van der Waals surface area contributed by atoms with Crippen molar-refractivity contribution in [3.8, 4) is 0 Å². The third-order valence-electron chi connectivity index (χ3n) is 1.48. The van der Waals surface area contributed by atoms with Gasteiger partial charge in [-0.15, -0.1) is 0 Å². The van der Waals surface area contributed by atoms with Gasteiger partial charge in [-0.05, 0) is 5.92 Å². The van der Waals surface area contributed by atoms with Crippen LogP contribution in [0.4, 0.5) is 0 Å². The third-order valence-corrected chi connectivity index (χ3v) is 1.48. The summed E-state index contributed by atoms with van der Waals surface area (Å²) in [7, 11) is 0. The Morgan fingerprint density at radius 1 is 1.57 bits per heavy atom. The minimum Gasteiger partial charge on any atom is -0.391 e. The summed E-state index contributed by atoms with van der Waals surface area (Å²) >= 11 is 0. The smallest absolute Gasteiger partial charge is 0.0702 e. The lowest BCUT2D eigenvalue weighted by Crippen LogP contribution is -2.14. The Bertz CT molecular complexity index is 57.1. The fraction of sp³-hybridized carbons (Fsp3) is 1.00. The largest absolute Gasteiger partial charge is 0.391 e. The molecule has 2 N–H and O–H groups in total. The van der Waals surface area contributed by atoms with Gasteiger partial charge < -0.3 is 10.4 Å². The first-order chi connectivity index (χ1) is 3.30. The molecule has 1 saturated heterocycles. The highest BCUT2D eigenvalue weighted by Gasteiger charge is 2.18. The maximum Gasteiger partial charge on any atom is 0.0702 e. The molecular weight excluding hydrogens is 90.1 g/mol. The van der Waals surface area contributed by atoms with Crippen LogP contribution in [0.2, 0.25) is 0 Å². The van der Waals surface area contributed by atoms with E-state index in [1.807, 2.05) is 6.92 Å². The van der Waals surface area contributed by atoms with Crippen molar-refractivity contribution in [2.75, 3.05) is 13.1 Å². The molecule has 1 aliphatic heterocycles. The topological polar surface area (TPSA) is 32.3 Å². The molecule has 1 fully saturated rings. The molecule has 42 valence electrons. The maximum atomic E-state index is 8.94. The first-order valence-corrected chi connectivity index (χ1v) is 2.69. The highest BCUT2D eigenvalue weighted by molar-refractivity contribution is 4.75. The van der Waals surface area contributed by atoms with Crippen molar-refractivity contribution in [3.05, 3.63) is 0 Å². The van der Waals surface area contributed by atoms with Gasteiger partial charge in [-0.3, -0.25) is 0 Å². The molecule has 0 aliphatic carbocycles. The minimum atomic E-state index is -0.0972. The van der Waals surface area contributed by atoms with E-state index >= 15 is 0 Å². The number of aliphatic hydroxyl groups excluding tert-OH is 1. The fourth-order valence-corrected chi connectivity index (χ4v) is 0.796. The van der Waals surface area contributed by atoms with Crippen molar-refractivity contribution in [2.24, 2.45) is 5.92 Å². The van der Waals surface area contributed by atoms with Gasteiger partial charge in [-0.25, -0.2) is 0 Å². The van der Waals surface area contributed by atoms with Gasteiger partial charge in [0.1, 0.15) is 0 Å². The highest BCUT2D eigenvalue weighted by atomic mass is 16.3. The van der Waals surface area contributed by atoms with Crippen LogP contribution in [-0.2, 0) is 0 Å². The van der Waals surface area contributed by atoms with Crippen molar-refractivity contribution >= 4 is 0 Å². The van der Waals surface area contributed by atoms with Gasteiger partial charge in [0.05, 0.1) is 6.10 Å². The van der Waals surface area contributed by atoms with Crippen molar-refractivity contribution in [2.45, 2.75) is 13.0 Å². The Hall–Kier alpha value is -0.0800. The summed E-state index contributed by atoms with van der Waals surface area (Å²) in [6.45, 7) is 3.80. The average molecular weight is 101 g/mol. The Morgan fingerprint density at radius 2 is 2.29 bits per heavy atom. The zero-order valence-electron chi connectivity index (χ0n) is 4.52. The van der Waals surface area contributed by atoms with Crippen LogP contribution in [0.15, 0.2) is 0 Å². The fourth-order valence-electron chi connectivity index (χ4n) is 0.796. The quantitative estimate of drug-likeness (QED) is 0.434. The zero-order chi connectivity index (χ0) is 5.28. The molecule has 0 radical (unpaired) electrons. The van der Waals surface area contributed by atoms with Crippen LogP contribution in [0.3, 0.4) is 0 Å². The lowest BCUT2D eigenvalue weighted by molar-refractivity contribution is 0.156. The molecule has 1 rings (SSSR count). The molecule has 7 heavy (non-hydrogen) atoms. The van der Waals surface area contributed by atoms with Gasteiger partial charge in [-0.2, -0.15) is 0 Å². The highest BCUT2D eigenvalue weighted by Crippen LogP contribution is 2.05. The summed E-state index contributed by atoms with van der Waals surface area (Å²) in [5.74, 6) is 0.458. The van der Waals surface area contributed by atoms with Crippen molar-refractivity contribution in [1.29, 1.82) is 0 Å². The number of rotatable bonds is 0.